The number of sulfone groups is 1. The van der Waals surface area contributed by atoms with Gasteiger partial charge >= 0.3 is 5.97 Å². The van der Waals surface area contributed by atoms with Crippen LogP contribution >= 0.6 is 0 Å². The molecule has 2 aromatic carbocycles. The Balaban J connectivity index is 1.72. The van der Waals surface area contributed by atoms with Crippen molar-refractivity contribution in [1.82, 2.24) is 4.90 Å². The predicted octanol–water partition coefficient (Wildman–Crippen LogP) is 2.22. The fourth-order valence-electron chi connectivity index (χ4n) is 3.09. The molecule has 1 atom stereocenters. The molecule has 1 aliphatic heterocycles. The third kappa shape index (κ3) is 5.23. The van der Waals surface area contributed by atoms with Crippen LogP contribution in [0.4, 0.5) is 5.69 Å². The molecule has 8 heteroatoms. The fourth-order valence-corrected chi connectivity index (χ4v) is 4.39. The van der Waals surface area contributed by atoms with Crippen molar-refractivity contribution in [3.8, 4) is 0 Å². The lowest BCUT2D eigenvalue weighted by molar-refractivity contribution is -0.136. The second-order valence-electron chi connectivity index (χ2n) is 6.60. The molecule has 1 aliphatic rings. The molecule has 0 bridgehead atoms. The molecule has 29 heavy (non-hydrogen) atoms. The van der Waals surface area contributed by atoms with Gasteiger partial charge in [0.15, 0.2) is 16.4 Å². The number of hydrogen-bond donors (Lipinski definition) is 1. The topological polar surface area (TPSA) is 92.8 Å². The minimum Gasteiger partial charge on any atom is -0.452 e. The van der Waals surface area contributed by atoms with E-state index in [1.54, 1.807) is 31.3 Å². The SMILES string of the molecule is CNc1ccccc1C(=O)OCC(=O)N(Cc1ccccc1)[C@@H]1C=CS(=O)(=O)C1. The van der Waals surface area contributed by atoms with Gasteiger partial charge < -0.3 is 15.0 Å². The van der Waals surface area contributed by atoms with Gasteiger partial charge in [0.1, 0.15) is 0 Å². The summed E-state index contributed by atoms with van der Waals surface area (Å²) in [4.78, 5) is 26.7. The maximum Gasteiger partial charge on any atom is 0.340 e. The second kappa shape index (κ2) is 8.91. The molecule has 1 heterocycles. The fraction of sp³-hybridized carbons (Fsp3) is 0.238. The van der Waals surface area contributed by atoms with E-state index in [1.165, 1.54) is 11.0 Å². The number of para-hydroxylation sites is 1. The molecule has 0 saturated heterocycles. The quantitative estimate of drug-likeness (QED) is 0.699. The smallest absolute Gasteiger partial charge is 0.340 e. The van der Waals surface area contributed by atoms with Crippen LogP contribution < -0.4 is 5.32 Å². The van der Waals surface area contributed by atoms with Crippen LogP contribution in [0.5, 0.6) is 0 Å². The van der Waals surface area contributed by atoms with Gasteiger partial charge in [-0.2, -0.15) is 0 Å². The summed E-state index contributed by atoms with van der Waals surface area (Å²) in [6.45, 7) is -0.261. The van der Waals surface area contributed by atoms with Crippen LogP contribution in [0.25, 0.3) is 0 Å². The van der Waals surface area contributed by atoms with Crippen LogP contribution in [-0.4, -0.2) is 50.6 Å². The highest BCUT2D eigenvalue weighted by Crippen LogP contribution is 2.19. The van der Waals surface area contributed by atoms with E-state index in [0.29, 0.717) is 11.3 Å². The third-order valence-electron chi connectivity index (χ3n) is 4.57. The number of nitrogens with zero attached hydrogens (tertiary/aromatic N) is 1. The standard InChI is InChI=1S/C21H22N2O5S/c1-22-19-10-6-5-9-18(19)21(25)28-14-20(24)23(13-16-7-3-2-4-8-16)17-11-12-29(26,27)15-17/h2-12,17,22H,13-15H2,1H3/t17-/m1/s1. The van der Waals surface area contributed by atoms with Crippen LogP contribution in [0.15, 0.2) is 66.1 Å². The first-order chi connectivity index (χ1) is 13.9. The number of benzene rings is 2. The molecular weight excluding hydrogens is 392 g/mol. The van der Waals surface area contributed by atoms with Crippen molar-refractivity contribution in [2.45, 2.75) is 12.6 Å². The van der Waals surface area contributed by atoms with E-state index in [1.807, 2.05) is 30.3 Å². The zero-order valence-corrected chi connectivity index (χ0v) is 16.8. The number of hydrogen-bond acceptors (Lipinski definition) is 6. The molecule has 3 rings (SSSR count). The van der Waals surface area contributed by atoms with Crippen molar-refractivity contribution in [2.75, 3.05) is 24.7 Å². The summed E-state index contributed by atoms with van der Waals surface area (Å²) in [7, 11) is -1.65. The third-order valence-corrected chi connectivity index (χ3v) is 5.95. The van der Waals surface area contributed by atoms with Gasteiger partial charge in [0.05, 0.1) is 17.4 Å². The Morgan fingerprint density at radius 1 is 1.10 bits per heavy atom. The molecule has 152 valence electrons. The number of carbonyl (C=O) groups is 2. The van der Waals surface area contributed by atoms with E-state index in [4.69, 9.17) is 4.74 Å². The van der Waals surface area contributed by atoms with Gasteiger partial charge in [0.25, 0.3) is 5.91 Å². The van der Waals surface area contributed by atoms with E-state index in [2.05, 4.69) is 5.32 Å². The van der Waals surface area contributed by atoms with E-state index in [9.17, 15) is 18.0 Å². The molecule has 2 aromatic rings. The van der Waals surface area contributed by atoms with E-state index in [0.717, 1.165) is 11.0 Å². The zero-order chi connectivity index (χ0) is 20.9. The average Bonchev–Trinajstić information content (AvgIpc) is 3.10. The van der Waals surface area contributed by atoms with E-state index >= 15 is 0 Å². The van der Waals surface area contributed by atoms with Crippen LogP contribution in [0, 0.1) is 0 Å². The lowest BCUT2D eigenvalue weighted by atomic mass is 10.1. The molecule has 0 aromatic heterocycles. The first-order valence-corrected chi connectivity index (χ1v) is 10.8. The Bertz CT molecular complexity index is 1020. The van der Waals surface area contributed by atoms with Gasteiger partial charge in [-0.15, -0.1) is 0 Å². The highest BCUT2D eigenvalue weighted by molar-refractivity contribution is 7.94. The summed E-state index contributed by atoms with van der Waals surface area (Å²) in [5, 5.41) is 4.02. The molecule has 7 nitrogen and oxygen atoms in total. The van der Waals surface area contributed by atoms with Gasteiger partial charge in [0, 0.05) is 24.7 Å². The minimum absolute atomic E-state index is 0.178. The largest absolute Gasteiger partial charge is 0.452 e. The Morgan fingerprint density at radius 2 is 1.79 bits per heavy atom. The van der Waals surface area contributed by atoms with Crippen LogP contribution in [-0.2, 0) is 25.9 Å². The Labute approximate surface area is 169 Å². The average molecular weight is 414 g/mol. The monoisotopic (exact) mass is 414 g/mol. The van der Waals surface area contributed by atoms with Crippen LogP contribution in [0.3, 0.4) is 0 Å². The van der Waals surface area contributed by atoms with Gasteiger partial charge in [-0.1, -0.05) is 42.5 Å². The number of rotatable bonds is 7. The number of anilines is 1. The minimum atomic E-state index is -3.34. The van der Waals surface area contributed by atoms with Gasteiger partial charge in [-0.05, 0) is 23.8 Å². The number of esters is 1. The molecule has 0 saturated carbocycles. The van der Waals surface area contributed by atoms with Crippen molar-refractivity contribution >= 4 is 27.4 Å². The van der Waals surface area contributed by atoms with Crippen molar-refractivity contribution < 1.29 is 22.7 Å². The van der Waals surface area contributed by atoms with Crippen molar-refractivity contribution in [1.29, 1.82) is 0 Å². The summed E-state index contributed by atoms with van der Waals surface area (Å²) in [6.07, 6.45) is 1.49. The van der Waals surface area contributed by atoms with Crippen LogP contribution in [0.2, 0.25) is 0 Å². The molecule has 1 amide bonds. The highest BCUT2D eigenvalue weighted by atomic mass is 32.2. The Kier molecular flexibility index (Phi) is 6.33. The lowest BCUT2D eigenvalue weighted by Gasteiger charge is -2.27. The molecule has 0 aliphatic carbocycles. The van der Waals surface area contributed by atoms with Gasteiger partial charge in [0.2, 0.25) is 0 Å². The first-order valence-electron chi connectivity index (χ1n) is 9.08. The molecule has 0 spiro atoms. The van der Waals surface area contributed by atoms with Gasteiger partial charge in [-0.3, -0.25) is 4.79 Å². The Hall–Kier alpha value is -3.13. The maximum absolute atomic E-state index is 12.8. The summed E-state index contributed by atoms with van der Waals surface area (Å²) < 4.78 is 28.9. The van der Waals surface area contributed by atoms with Crippen molar-refractivity contribution in [3.05, 3.63) is 77.2 Å². The maximum atomic E-state index is 12.8. The second-order valence-corrected chi connectivity index (χ2v) is 8.54. The van der Waals surface area contributed by atoms with Crippen molar-refractivity contribution in [2.24, 2.45) is 0 Å². The molecule has 0 fully saturated rings. The first kappa shape index (κ1) is 20.6. The normalized spacial score (nSPS) is 16.9. The predicted molar refractivity (Wildman–Crippen MR) is 110 cm³/mol. The molecular formula is C21H22N2O5S. The van der Waals surface area contributed by atoms with Crippen molar-refractivity contribution in [3.63, 3.8) is 0 Å². The van der Waals surface area contributed by atoms with Crippen LogP contribution in [0.1, 0.15) is 15.9 Å². The number of carbonyl (C=O) groups excluding carboxylic acids is 2. The van der Waals surface area contributed by atoms with E-state index < -0.39 is 34.4 Å². The number of nitrogens with one attached hydrogen (secondary N) is 1. The van der Waals surface area contributed by atoms with E-state index in [-0.39, 0.29) is 12.3 Å². The molecule has 1 N–H and O–H groups in total. The zero-order valence-electron chi connectivity index (χ0n) is 15.9. The summed E-state index contributed by atoms with van der Waals surface area (Å²) >= 11 is 0. The number of ether oxygens (including phenoxy) is 1. The van der Waals surface area contributed by atoms with Gasteiger partial charge in [-0.25, -0.2) is 13.2 Å². The summed E-state index contributed by atoms with van der Waals surface area (Å²) in [6, 6.07) is 15.5. The lowest BCUT2D eigenvalue weighted by Crippen LogP contribution is -2.42. The Morgan fingerprint density at radius 3 is 2.45 bits per heavy atom. The number of amides is 1. The summed E-state index contributed by atoms with van der Waals surface area (Å²) in [5.74, 6) is -1.27. The summed E-state index contributed by atoms with van der Waals surface area (Å²) in [5.41, 5.74) is 1.77. The molecule has 0 radical (unpaired) electrons. The molecule has 0 unspecified atom stereocenters. The highest BCUT2D eigenvalue weighted by Gasteiger charge is 2.31.